The number of nitrogens with zero attached hydrogens (tertiary/aromatic N) is 1. The molecular weight excluding hydrogens is 430 g/mol. The average Bonchev–Trinajstić information content (AvgIpc) is 3.25. The van der Waals surface area contributed by atoms with Gasteiger partial charge >= 0.3 is 0 Å². The van der Waals surface area contributed by atoms with Gasteiger partial charge in [0.25, 0.3) is 0 Å². The molecule has 158 valence electrons. The SMILES string of the molecule is O=C(CCc1ccc(S(=O)(=O)NCc2ccccc2)cc1)Nc1ccc2sncc2c1. The Kier molecular flexibility index (Phi) is 6.41. The summed E-state index contributed by atoms with van der Waals surface area (Å²) in [5, 5.41) is 3.89. The lowest BCUT2D eigenvalue weighted by Crippen LogP contribution is -2.23. The molecule has 1 amide bonds. The van der Waals surface area contributed by atoms with E-state index >= 15 is 0 Å². The average molecular weight is 452 g/mol. The van der Waals surface area contributed by atoms with Crippen molar-refractivity contribution in [3.05, 3.63) is 90.1 Å². The molecule has 0 saturated carbocycles. The van der Waals surface area contributed by atoms with Gasteiger partial charge in [0, 0.05) is 30.2 Å². The second-order valence-electron chi connectivity index (χ2n) is 7.08. The van der Waals surface area contributed by atoms with Gasteiger partial charge in [0.1, 0.15) is 0 Å². The van der Waals surface area contributed by atoms with Crippen molar-refractivity contribution < 1.29 is 13.2 Å². The zero-order valence-corrected chi connectivity index (χ0v) is 18.2. The third-order valence-corrected chi connectivity index (χ3v) is 7.02. The van der Waals surface area contributed by atoms with E-state index in [-0.39, 0.29) is 17.3 Å². The predicted molar refractivity (Wildman–Crippen MR) is 123 cm³/mol. The highest BCUT2D eigenvalue weighted by atomic mass is 32.2. The summed E-state index contributed by atoms with van der Waals surface area (Å²) in [6.07, 6.45) is 2.60. The number of fused-ring (bicyclic) bond motifs is 1. The molecule has 0 aliphatic heterocycles. The smallest absolute Gasteiger partial charge is 0.240 e. The van der Waals surface area contributed by atoms with Crippen LogP contribution in [0, 0.1) is 0 Å². The van der Waals surface area contributed by atoms with Crippen molar-refractivity contribution in [1.29, 1.82) is 0 Å². The van der Waals surface area contributed by atoms with Crippen LogP contribution < -0.4 is 10.0 Å². The Labute approximate surface area is 185 Å². The van der Waals surface area contributed by atoms with Gasteiger partial charge < -0.3 is 5.32 Å². The van der Waals surface area contributed by atoms with Crippen molar-refractivity contribution in [1.82, 2.24) is 9.10 Å². The molecular formula is C23H21N3O3S2. The van der Waals surface area contributed by atoms with Gasteiger partial charge in [0.2, 0.25) is 15.9 Å². The normalized spacial score (nSPS) is 11.5. The van der Waals surface area contributed by atoms with Gasteiger partial charge in [-0.15, -0.1) is 0 Å². The van der Waals surface area contributed by atoms with Crippen molar-refractivity contribution in [3.63, 3.8) is 0 Å². The van der Waals surface area contributed by atoms with Gasteiger partial charge in [-0.3, -0.25) is 4.79 Å². The highest BCUT2D eigenvalue weighted by Gasteiger charge is 2.13. The Hall–Kier alpha value is -3.07. The first-order valence-corrected chi connectivity index (χ1v) is 12.0. The standard InChI is InChI=1S/C23H21N3O3S2/c27-23(26-20-9-12-22-19(14-20)16-24-30-22)13-8-17-6-10-21(11-7-17)31(28,29)25-15-18-4-2-1-3-5-18/h1-7,9-12,14,16,25H,8,13,15H2,(H,26,27). The summed E-state index contributed by atoms with van der Waals surface area (Å²) in [7, 11) is -3.59. The highest BCUT2D eigenvalue weighted by Crippen LogP contribution is 2.22. The highest BCUT2D eigenvalue weighted by molar-refractivity contribution is 7.89. The molecule has 1 heterocycles. The van der Waals surface area contributed by atoms with Crippen LogP contribution in [0.25, 0.3) is 10.1 Å². The van der Waals surface area contributed by atoms with Crippen molar-refractivity contribution in [2.45, 2.75) is 24.3 Å². The van der Waals surface area contributed by atoms with Crippen LogP contribution in [0.4, 0.5) is 5.69 Å². The lowest BCUT2D eigenvalue weighted by Gasteiger charge is -2.08. The third kappa shape index (κ3) is 5.55. The van der Waals surface area contributed by atoms with E-state index in [0.29, 0.717) is 12.8 Å². The summed E-state index contributed by atoms with van der Waals surface area (Å²) in [4.78, 5) is 12.5. The molecule has 0 spiro atoms. The number of amides is 1. The van der Waals surface area contributed by atoms with Crippen LogP contribution in [0.3, 0.4) is 0 Å². The lowest BCUT2D eigenvalue weighted by molar-refractivity contribution is -0.116. The summed E-state index contributed by atoms with van der Waals surface area (Å²) in [6.45, 7) is 0.234. The van der Waals surface area contributed by atoms with E-state index < -0.39 is 10.0 Å². The molecule has 0 radical (unpaired) electrons. The van der Waals surface area contributed by atoms with E-state index in [2.05, 4.69) is 14.4 Å². The predicted octanol–water partition coefficient (Wildman–Crippen LogP) is 4.35. The van der Waals surface area contributed by atoms with E-state index in [4.69, 9.17) is 0 Å². The minimum Gasteiger partial charge on any atom is -0.326 e. The molecule has 4 aromatic rings. The Morgan fingerprint density at radius 2 is 1.71 bits per heavy atom. The summed E-state index contributed by atoms with van der Waals surface area (Å²) >= 11 is 1.42. The number of nitrogens with one attached hydrogen (secondary N) is 2. The van der Waals surface area contributed by atoms with E-state index in [0.717, 1.165) is 26.9 Å². The zero-order valence-electron chi connectivity index (χ0n) is 16.6. The molecule has 4 rings (SSSR count). The first-order valence-electron chi connectivity index (χ1n) is 9.76. The number of carbonyl (C=O) groups excluding carboxylic acids is 1. The fraction of sp³-hybridized carbons (Fsp3) is 0.130. The number of anilines is 1. The Bertz CT molecular complexity index is 1280. The maximum Gasteiger partial charge on any atom is 0.240 e. The van der Waals surface area contributed by atoms with Crippen LogP contribution in [0.5, 0.6) is 0 Å². The molecule has 0 saturated heterocycles. The summed E-state index contributed by atoms with van der Waals surface area (Å²) < 4.78 is 32.8. The summed E-state index contributed by atoms with van der Waals surface area (Å²) in [6, 6.07) is 21.7. The van der Waals surface area contributed by atoms with Crippen LogP contribution >= 0.6 is 11.5 Å². The Morgan fingerprint density at radius 3 is 2.48 bits per heavy atom. The minimum absolute atomic E-state index is 0.0937. The molecule has 0 aliphatic rings. The van der Waals surface area contributed by atoms with Crippen molar-refractivity contribution in [3.8, 4) is 0 Å². The molecule has 6 nitrogen and oxygen atoms in total. The van der Waals surface area contributed by atoms with E-state index in [1.807, 2.05) is 48.5 Å². The van der Waals surface area contributed by atoms with Crippen LogP contribution in [0.1, 0.15) is 17.5 Å². The minimum atomic E-state index is -3.59. The van der Waals surface area contributed by atoms with Crippen molar-refractivity contribution >= 4 is 43.2 Å². The first-order chi connectivity index (χ1) is 15.0. The van der Waals surface area contributed by atoms with Gasteiger partial charge in [-0.2, -0.15) is 4.37 Å². The second kappa shape index (κ2) is 9.38. The molecule has 0 atom stereocenters. The number of aryl methyl sites for hydroxylation is 1. The van der Waals surface area contributed by atoms with Crippen molar-refractivity contribution in [2.75, 3.05) is 5.32 Å². The van der Waals surface area contributed by atoms with Gasteiger partial charge in [0.05, 0.1) is 9.60 Å². The molecule has 31 heavy (non-hydrogen) atoms. The first kappa shape index (κ1) is 21.2. The number of aromatic nitrogens is 1. The summed E-state index contributed by atoms with van der Waals surface area (Å²) in [5.74, 6) is -0.0937. The number of benzene rings is 3. The quantitative estimate of drug-likeness (QED) is 0.417. The monoisotopic (exact) mass is 451 g/mol. The molecule has 8 heteroatoms. The molecule has 2 N–H and O–H groups in total. The van der Waals surface area contributed by atoms with Gasteiger partial charge in [-0.05, 0) is 59.4 Å². The fourth-order valence-corrected chi connectivity index (χ4v) is 4.77. The molecule has 1 aromatic heterocycles. The van der Waals surface area contributed by atoms with Crippen LogP contribution in [0.15, 0.2) is 83.9 Å². The topological polar surface area (TPSA) is 88.2 Å². The molecule has 0 bridgehead atoms. The maximum atomic E-state index is 12.5. The number of sulfonamides is 1. The number of rotatable bonds is 8. The van der Waals surface area contributed by atoms with E-state index in [9.17, 15) is 13.2 Å². The maximum absolute atomic E-state index is 12.5. The van der Waals surface area contributed by atoms with E-state index in [1.54, 1.807) is 30.5 Å². The fourth-order valence-electron chi connectivity index (χ4n) is 3.12. The van der Waals surface area contributed by atoms with Gasteiger partial charge in [-0.25, -0.2) is 13.1 Å². The van der Waals surface area contributed by atoms with Gasteiger partial charge in [0.15, 0.2) is 0 Å². The number of hydrogen-bond acceptors (Lipinski definition) is 5. The largest absolute Gasteiger partial charge is 0.326 e. The number of carbonyl (C=O) groups is 1. The van der Waals surface area contributed by atoms with Crippen LogP contribution in [0.2, 0.25) is 0 Å². The van der Waals surface area contributed by atoms with E-state index in [1.165, 1.54) is 11.5 Å². The second-order valence-corrected chi connectivity index (χ2v) is 9.68. The third-order valence-electron chi connectivity index (χ3n) is 4.82. The number of hydrogen-bond donors (Lipinski definition) is 2. The van der Waals surface area contributed by atoms with Gasteiger partial charge in [-0.1, -0.05) is 42.5 Å². The molecule has 0 unspecified atom stereocenters. The Balaban J connectivity index is 1.30. The molecule has 0 fully saturated rings. The molecule has 3 aromatic carbocycles. The van der Waals surface area contributed by atoms with Crippen LogP contribution in [-0.2, 0) is 27.8 Å². The lowest BCUT2D eigenvalue weighted by atomic mass is 10.1. The summed E-state index contributed by atoms with van der Waals surface area (Å²) in [5.41, 5.74) is 2.53. The van der Waals surface area contributed by atoms with Crippen molar-refractivity contribution in [2.24, 2.45) is 0 Å². The molecule has 0 aliphatic carbocycles. The zero-order chi connectivity index (χ0) is 21.7. The van der Waals surface area contributed by atoms with Crippen LogP contribution in [-0.4, -0.2) is 18.7 Å². The Morgan fingerprint density at radius 1 is 0.935 bits per heavy atom.